The number of esters is 2. The number of hydrogen-bond acceptors (Lipinski definition) is 8. The molecule has 11 heteroatoms. The molecule has 1 heterocycles. The number of anilines is 1. The zero-order valence-corrected chi connectivity index (χ0v) is 22.5. The fourth-order valence-corrected chi connectivity index (χ4v) is 4.84. The van der Waals surface area contributed by atoms with Crippen molar-refractivity contribution in [1.29, 1.82) is 0 Å². The van der Waals surface area contributed by atoms with Crippen molar-refractivity contribution in [2.24, 2.45) is 0 Å². The molecule has 37 heavy (non-hydrogen) atoms. The summed E-state index contributed by atoms with van der Waals surface area (Å²) in [5.74, 6) is -2.04. The summed E-state index contributed by atoms with van der Waals surface area (Å²) < 4.78 is 16.0. The van der Waals surface area contributed by atoms with Gasteiger partial charge < -0.3 is 19.1 Å². The van der Waals surface area contributed by atoms with Gasteiger partial charge in [0.1, 0.15) is 5.75 Å². The van der Waals surface area contributed by atoms with E-state index in [9.17, 15) is 19.7 Å². The van der Waals surface area contributed by atoms with Crippen LogP contribution in [0, 0.1) is 10.1 Å². The number of ether oxygens (including phenoxy) is 3. The van der Waals surface area contributed by atoms with Crippen LogP contribution in [0.15, 0.2) is 58.9 Å². The molecule has 1 aliphatic heterocycles. The Balaban J connectivity index is 2.40. The van der Waals surface area contributed by atoms with Crippen LogP contribution in [0.1, 0.15) is 39.2 Å². The molecule has 9 nitrogen and oxygen atoms in total. The number of nitro benzene ring substituents is 1. The van der Waals surface area contributed by atoms with Crippen LogP contribution >= 0.6 is 23.2 Å². The number of non-ortho nitro benzene ring substituents is 1. The molecule has 0 unspecified atom stereocenters. The highest BCUT2D eigenvalue weighted by Gasteiger charge is 2.42. The Morgan fingerprint density at radius 3 is 1.97 bits per heavy atom. The van der Waals surface area contributed by atoms with Crippen molar-refractivity contribution < 1.29 is 28.7 Å². The van der Waals surface area contributed by atoms with Gasteiger partial charge in [-0.25, -0.2) is 9.59 Å². The number of methoxy groups -OCH3 is 1. The molecule has 2 aromatic rings. The summed E-state index contributed by atoms with van der Waals surface area (Å²) in [5.41, 5.74) is 1.54. The maximum absolute atomic E-state index is 13.4. The summed E-state index contributed by atoms with van der Waals surface area (Å²) in [6, 6.07) is 8.90. The molecule has 0 N–H and O–H groups in total. The monoisotopic (exact) mass is 548 g/mol. The lowest BCUT2D eigenvalue weighted by Gasteiger charge is -2.38. The molecule has 0 spiro atoms. The van der Waals surface area contributed by atoms with Crippen molar-refractivity contribution in [3.8, 4) is 5.75 Å². The van der Waals surface area contributed by atoms with Crippen molar-refractivity contribution in [3.05, 3.63) is 84.7 Å². The predicted octanol–water partition coefficient (Wildman–Crippen LogP) is 6.19. The average molecular weight is 549 g/mol. The minimum Gasteiger partial charge on any atom is -0.495 e. The van der Waals surface area contributed by atoms with E-state index >= 15 is 0 Å². The van der Waals surface area contributed by atoms with E-state index < -0.39 is 22.8 Å². The first-order valence-electron chi connectivity index (χ1n) is 11.4. The van der Waals surface area contributed by atoms with Gasteiger partial charge in [0.25, 0.3) is 5.69 Å². The Hall–Kier alpha value is -3.56. The van der Waals surface area contributed by atoms with E-state index in [0.717, 1.165) is 0 Å². The van der Waals surface area contributed by atoms with E-state index in [1.165, 1.54) is 25.3 Å². The van der Waals surface area contributed by atoms with Gasteiger partial charge in [-0.2, -0.15) is 0 Å². The smallest absolute Gasteiger partial charge is 0.336 e. The first-order chi connectivity index (χ1) is 17.6. The Labute approximate surface area is 224 Å². The fourth-order valence-electron chi connectivity index (χ4n) is 4.36. The van der Waals surface area contributed by atoms with Crippen molar-refractivity contribution in [1.82, 2.24) is 0 Å². The van der Waals surface area contributed by atoms with E-state index in [1.807, 2.05) is 0 Å². The van der Waals surface area contributed by atoms with Crippen LogP contribution in [0.25, 0.3) is 0 Å². The average Bonchev–Trinajstić information content (AvgIpc) is 2.84. The van der Waals surface area contributed by atoms with E-state index in [1.54, 1.807) is 50.8 Å². The molecule has 0 aromatic heterocycles. The van der Waals surface area contributed by atoms with Gasteiger partial charge in [0.15, 0.2) is 0 Å². The maximum Gasteiger partial charge on any atom is 0.336 e. The molecule has 0 radical (unpaired) electrons. The molecular weight excluding hydrogens is 523 g/mol. The van der Waals surface area contributed by atoms with E-state index in [4.69, 9.17) is 37.4 Å². The molecule has 196 valence electrons. The molecule has 0 amide bonds. The third kappa shape index (κ3) is 5.42. The Morgan fingerprint density at radius 2 is 1.51 bits per heavy atom. The van der Waals surface area contributed by atoms with E-state index in [0.29, 0.717) is 27.9 Å². The van der Waals surface area contributed by atoms with Crippen LogP contribution in [0.2, 0.25) is 10.0 Å². The third-order valence-corrected chi connectivity index (χ3v) is 6.55. The highest BCUT2D eigenvalue weighted by molar-refractivity contribution is 6.32. The van der Waals surface area contributed by atoms with Crippen molar-refractivity contribution in [2.75, 3.05) is 25.2 Å². The van der Waals surface area contributed by atoms with Gasteiger partial charge in [-0.05, 0) is 57.5 Å². The van der Waals surface area contributed by atoms with Crippen LogP contribution in [-0.2, 0) is 19.1 Å². The number of carbonyl (C=O) groups excluding carboxylic acids is 2. The molecule has 0 saturated heterocycles. The van der Waals surface area contributed by atoms with Gasteiger partial charge in [0.2, 0.25) is 0 Å². The van der Waals surface area contributed by atoms with Crippen molar-refractivity contribution in [2.45, 2.75) is 33.6 Å². The minimum atomic E-state index is -1.09. The van der Waals surface area contributed by atoms with Crippen LogP contribution in [0.5, 0.6) is 5.75 Å². The number of allylic oxidation sites excluding steroid dienone is 2. The lowest BCUT2D eigenvalue weighted by molar-refractivity contribution is -0.384. The van der Waals surface area contributed by atoms with Gasteiger partial charge in [-0.15, -0.1) is 0 Å². The molecule has 2 aromatic carbocycles. The highest BCUT2D eigenvalue weighted by atomic mass is 35.5. The summed E-state index contributed by atoms with van der Waals surface area (Å²) in [4.78, 5) is 39.5. The van der Waals surface area contributed by atoms with Gasteiger partial charge in [-0.1, -0.05) is 23.2 Å². The zero-order chi connectivity index (χ0) is 27.4. The zero-order valence-electron chi connectivity index (χ0n) is 21.0. The molecule has 0 aliphatic carbocycles. The normalized spacial score (nSPS) is 14.1. The predicted molar refractivity (Wildman–Crippen MR) is 140 cm³/mol. The standard InChI is InChI=1S/C26H26Cl2N2O7/c1-6-36-25(31)22-14(3)29(16-9-11-21(35-5)20(28)13-16)15(4)23(26(32)37-7-2)24(22)18-12-17(30(33)34)8-10-19(18)27/h8-13,24H,6-7H2,1-5H3. The molecule has 0 fully saturated rings. The van der Waals surface area contributed by atoms with E-state index in [2.05, 4.69) is 0 Å². The van der Waals surface area contributed by atoms with Crippen molar-refractivity contribution in [3.63, 3.8) is 0 Å². The number of hydrogen-bond donors (Lipinski definition) is 0. The number of rotatable bonds is 8. The van der Waals surface area contributed by atoms with Crippen LogP contribution in [-0.4, -0.2) is 37.2 Å². The lowest BCUT2D eigenvalue weighted by Crippen LogP contribution is -2.35. The molecule has 0 saturated carbocycles. The van der Waals surface area contributed by atoms with Gasteiger partial charge in [0, 0.05) is 34.2 Å². The van der Waals surface area contributed by atoms with Gasteiger partial charge >= 0.3 is 11.9 Å². The summed E-state index contributed by atoms with van der Waals surface area (Å²) in [5, 5.41) is 12.0. The maximum atomic E-state index is 13.4. The quantitative estimate of drug-likeness (QED) is 0.218. The number of carbonyl (C=O) groups is 2. The first-order valence-corrected chi connectivity index (χ1v) is 12.2. The molecule has 0 atom stereocenters. The molecular formula is C26H26Cl2N2O7. The minimum absolute atomic E-state index is 0.0663. The van der Waals surface area contributed by atoms with Crippen molar-refractivity contribution >= 4 is 46.5 Å². The van der Waals surface area contributed by atoms with E-state index in [-0.39, 0.29) is 40.6 Å². The first kappa shape index (κ1) is 28.0. The number of nitrogens with zero attached hydrogens (tertiary/aromatic N) is 2. The second kappa shape index (κ2) is 11.7. The second-order valence-corrected chi connectivity index (χ2v) is 8.80. The molecule has 3 rings (SSSR count). The van der Waals surface area contributed by atoms with Gasteiger partial charge in [-0.3, -0.25) is 10.1 Å². The summed E-state index contributed by atoms with van der Waals surface area (Å²) in [6.07, 6.45) is 0. The molecule has 1 aliphatic rings. The molecule has 0 bridgehead atoms. The summed E-state index contributed by atoms with van der Waals surface area (Å²) >= 11 is 12.9. The summed E-state index contributed by atoms with van der Waals surface area (Å²) in [7, 11) is 1.49. The fraction of sp³-hybridized carbons (Fsp3) is 0.308. The number of benzene rings is 2. The lowest BCUT2D eigenvalue weighted by atomic mass is 9.79. The van der Waals surface area contributed by atoms with Gasteiger partial charge in [0.05, 0.1) is 47.3 Å². The Kier molecular flexibility index (Phi) is 8.83. The number of halogens is 2. The van der Waals surface area contributed by atoms with Crippen LogP contribution in [0.4, 0.5) is 11.4 Å². The SMILES string of the molecule is CCOC(=O)C1=C(C)N(c2ccc(OC)c(Cl)c2)C(C)=C(C(=O)OCC)C1c1cc([N+](=O)[O-])ccc1Cl. The topological polar surface area (TPSA) is 108 Å². The van der Waals surface area contributed by atoms with Crippen LogP contribution < -0.4 is 9.64 Å². The van der Waals surface area contributed by atoms with Crippen LogP contribution in [0.3, 0.4) is 0 Å². The largest absolute Gasteiger partial charge is 0.495 e. The summed E-state index contributed by atoms with van der Waals surface area (Å²) in [6.45, 7) is 6.82. The Bertz CT molecular complexity index is 1280. The Morgan fingerprint density at radius 1 is 0.946 bits per heavy atom. The highest BCUT2D eigenvalue weighted by Crippen LogP contribution is 2.47. The second-order valence-electron chi connectivity index (χ2n) is 7.99. The third-order valence-electron chi connectivity index (χ3n) is 5.91. The number of nitro groups is 1.